The highest BCUT2D eigenvalue weighted by Crippen LogP contribution is 2.27. The van der Waals surface area contributed by atoms with Crippen LogP contribution in [0.2, 0.25) is 0 Å². The molecule has 1 amide bonds. The highest BCUT2D eigenvalue weighted by atomic mass is 32.2. The average molecular weight is 400 g/mol. The summed E-state index contributed by atoms with van der Waals surface area (Å²) in [5.41, 5.74) is 1.24. The zero-order valence-electron chi connectivity index (χ0n) is 15.5. The summed E-state index contributed by atoms with van der Waals surface area (Å²) in [6.45, 7) is 2.83. The zero-order chi connectivity index (χ0) is 18.6. The summed E-state index contributed by atoms with van der Waals surface area (Å²) in [7, 11) is -3.34. The minimum absolute atomic E-state index is 0.113. The number of aromatic nitrogens is 1. The smallest absolute Gasteiger partial charge is 0.238 e. The molecule has 0 radical (unpaired) electrons. The van der Waals surface area contributed by atoms with Crippen LogP contribution in [0.4, 0.5) is 0 Å². The number of nitrogens with zero attached hydrogens (tertiary/aromatic N) is 2. The number of aryl methyl sites for hydroxylation is 2. The largest absolute Gasteiger partial charge is 0.354 e. The normalized spacial score (nSPS) is 21.3. The number of amides is 1. The van der Waals surface area contributed by atoms with Gasteiger partial charge < -0.3 is 5.32 Å². The quantitative estimate of drug-likeness (QED) is 0.763. The predicted molar refractivity (Wildman–Crippen MR) is 104 cm³/mol. The van der Waals surface area contributed by atoms with Crippen LogP contribution in [0.1, 0.15) is 61.0 Å². The monoisotopic (exact) mass is 399 g/mol. The van der Waals surface area contributed by atoms with Crippen molar-refractivity contribution in [3.63, 3.8) is 0 Å². The highest BCUT2D eigenvalue weighted by molar-refractivity contribution is 7.89. The van der Waals surface area contributed by atoms with Crippen molar-refractivity contribution in [3.8, 4) is 0 Å². The number of nitrogens with one attached hydrogen (secondary N) is 1. The first kappa shape index (κ1) is 19.8. The van der Waals surface area contributed by atoms with Crippen molar-refractivity contribution in [2.75, 3.05) is 18.8 Å². The molecule has 6 nitrogen and oxygen atoms in total. The molecule has 3 rings (SSSR count). The van der Waals surface area contributed by atoms with E-state index in [2.05, 4.69) is 5.32 Å². The van der Waals surface area contributed by atoms with Gasteiger partial charge in [0.05, 0.1) is 16.5 Å². The van der Waals surface area contributed by atoms with Gasteiger partial charge in [-0.2, -0.15) is 4.31 Å². The van der Waals surface area contributed by atoms with Crippen LogP contribution in [0, 0.1) is 0 Å². The SMILES string of the molecule is CCCS(=O)(=O)N1CCCCC1C(=O)NCCc1nc2c(s1)CCCC2. The summed E-state index contributed by atoms with van der Waals surface area (Å²) in [6.07, 6.45) is 8.30. The van der Waals surface area contributed by atoms with Gasteiger partial charge >= 0.3 is 0 Å². The Morgan fingerprint density at radius 1 is 1.27 bits per heavy atom. The van der Waals surface area contributed by atoms with E-state index in [4.69, 9.17) is 4.98 Å². The van der Waals surface area contributed by atoms with Gasteiger partial charge in [-0.1, -0.05) is 13.3 Å². The van der Waals surface area contributed by atoms with Crippen LogP contribution in [-0.4, -0.2) is 48.5 Å². The molecule has 26 heavy (non-hydrogen) atoms. The molecule has 1 fully saturated rings. The van der Waals surface area contributed by atoms with Crippen LogP contribution in [-0.2, 0) is 34.1 Å². The van der Waals surface area contributed by atoms with E-state index >= 15 is 0 Å². The summed E-state index contributed by atoms with van der Waals surface area (Å²) in [5, 5.41) is 4.03. The summed E-state index contributed by atoms with van der Waals surface area (Å²) in [6, 6.07) is -0.551. The van der Waals surface area contributed by atoms with E-state index in [0.717, 1.165) is 37.1 Å². The van der Waals surface area contributed by atoms with Gasteiger partial charge in [-0.15, -0.1) is 11.3 Å². The Balaban J connectivity index is 1.55. The van der Waals surface area contributed by atoms with Crippen LogP contribution in [0.5, 0.6) is 0 Å². The van der Waals surface area contributed by atoms with Crippen LogP contribution in [0.15, 0.2) is 0 Å². The van der Waals surface area contributed by atoms with Crippen LogP contribution >= 0.6 is 11.3 Å². The molecule has 0 saturated carbocycles. The van der Waals surface area contributed by atoms with Gasteiger partial charge in [-0.05, 0) is 44.9 Å². The molecule has 1 aliphatic carbocycles. The molecule has 1 aliphatic heterocycles. The Kier molecular flexibility index (Phi) is 6.69. The molecule has 1 aromatic rings. The number of carbonyl (C=O) groups is 1. The standard InChI is InChI=1S/C18H29N3O3S2/c1-2-13-26(23,24)21-12-6-5-8-15(21)18(22)19-11-10-17-20-14-7-3-4-9-16(14)25-17/h15H,2-13H2,1H3,(H,19,22). The number of hydrogen-bond acceptors (Lipinski definition) is 5. The number of rotatable bonds is 7. The third-order valence-electron chi connectivity index (χ3n) is 5.10. The van der Waals surface area contributed by atoms with Crippen molar-refractivity contribution in [1.29, 1.82) is 0 Å². The lowest BCUT2D eigenvalue weighted by Gasteiger charge is -2.33. The average Bonchev–Trinajstić information content (AvgIpc) is 3.04. The fraction of sp³-hybridized carbons (Fsp3) is 0.778. The second-order valence-corrected chi connectivity index (χ2v) is 10.4. The third-order valence-corrected chi connectivity index (χ3v) is 8.40. The summed E-state index contributed by atoms with van der Waals surface area (Å²) in [5.74, 6) is -0.0488. The van der Waals surface area contributed by atoms with Crippen molar-refractivity contribution < 1.29 is 13.2 Å². The Labute approximate surface area is 160 Å². The van der Waals surface area contributed by atoms with Crippen molar-refractivity contribution in [1.82, 2.24) is 14.6 Å². The van der Waals surface area contributed by atoms with E-state index in [-0.39, 0.29) is 11.7 Å². The summed E-state index contributed by atoms with van der Waals surface area (Å²) < 4.78 is 26.3. The Morgan fingerprint density at radius 2 is 2.08 bits per heavy atom. The van der Waals surface area contributed by atoms with Crippen LogP contribution < -0.4 is 5.32 Å². The van der Waals surface area contributed by atoms with Crippen LogP contribution in [0.25, 0.3) is 0 Å². The fourth-order valence-electron chi connectivity index (χ4n) is 3.80. The first-order valence-corrected chi connectivity index (χ1v) is 12.2. The minimum Gasteiger partial charge on any atom is -0.354 e. The molecule has 1 unspecified atom stereocenters. The molecule has 0 bridgehead atoms. The second kappa shape index (κ2) is 8.80. The molecule has 1 atom stereocenters. The van der Waals surface area contributed by atoms with Crippen molar-refractivity contribution in [2.45, 2.75) is 70.8 Å². The van der Waals surface area contributed by atoms with E-state index in [1.54, 1.807) is 11.3 Å². The molecule has 0 spiro atoms. The van der Waals surface area contributed by atoms with Gasteiger partial charge in [0.1, 0.15) is 6.04 Å². The number of thiazole rings is 1. The van der Waals surface area contributed by atoms with Gasteiger partial charge in [-0.3, -0.25) is 4.79 Å². The fourth-order valence-corrected chi connectivity index (χ4v) is 6.70. The number of carbonyl (C=O) groups excluding carboxylic acids is 1. The van der Waals surface area contributed by atoms with Gasteiger partial charge in [0.2, 0.25) is 15.9 Å². The van der Waals surface area contributed by atoms with Gasteiger partial charge in [0.25, 0.3) is 0 Å². The van der Waals surface area contributed by atoms with Crippen molar-refractivity contribution in [2.24, 2.45) is 0 Å². The Hall–Kier alpha value is -0.990. The van der Waals surface area contributed by atoms with Crippen molar-refractivity contribution in [3.05, 3.63) is 15.6 Å². The maximum atomic E-state index is 12.6. The van der Waals surface area contributed by atoms with E-state index in [1.165, 1.54) is 27.7 Å². The molecule has 146 valence electrons. The van der Waals surface area contributed by atoms with E-state index in [9.17, 15) is 13.2 Å². The minimum atomic E-state index is -3.34. The van der Waals surface area contributed by atoms with Gasteiger partial charge in [0.15, 0.2) is 0 Å². The number of piperidine rings is 1. The highest BCUT2D eigenvalue weighted by Gasteiger charge is 2.35. The van der Waals surface area contributed by atoms with Crippen molar-refractivity contribution >= 4 is 27.3 Å². The lowest BCUT2D eigenvalue weighted by Crippen LogP contribution is -2.52. The molecular formula is C18H29N3O3S2. The number of fused-ring (bicyclic) bond motifs is 1. The molecule has 1 N–H and O–H groups in total. The Bertz CT molecular complexity index is 707. The maximum Gasteiger partial charge on any atom is 0.238 e. The lowest BCUT2D eigenvalue weighted by molar-refractivity contribution is -0.125. The number of hydrogen-bond donors (Lipinski definition) is 1. The Morgan fingerprint density at radius 3 is 2.85 bits per heavy atom. The topological polar surface area (TPSA) is 79.4 Å². The van der Waals surface area contributed by atoms with Crippen LogP contribution in [0.3, 0.4) is 0 Å². The predicted octanol–water partition coefficient (Wildman–Crippen LogP) is 2.27. The third kappa shape index (κ3) is 4.64. The number of sulfonamides is 1. The second-order valence-electron chi connectivity index (χ2n) is 7.16. The molecule has 2 heterocycles. The summed E-state index contributed by atoms with van der Waals surface area (Å²) >= 11 is 1.77. The lowest BCUT2D eigenvalue weighted by atomic mass is 10.0. The molecule has 0 aromatic carbocycles. The van der Waals surface area contributed by atoms with Gasteiger partial charge in [-0.25, -0.2) is 13.4 Å². The summed E-state index contributed by atoms with van der Waals surface area (Å²) in [4.78, 5) is 18.7. The first-order chi connectivity index (χ1) is 12.5. The van der Waals surface area contributed by atoms with E-state index in [1.807, 2.05) is 6.92 Å². The molecule has 1 saturated heterocycles. The molecular weight excluding hydrogens is 370 g/mol. The van der Waals surface area contributed by atoms with E-state index < -0.39 is 16.1 Å². The molecule has 1 aromatic heterocycles. The molecule has 2 aliphatic rings. The maximum absolute atomic E-state index is 12.6. The first-order valence-electron chi connectivity index (χ1n) is 9.76. The van der Waals surface area contributed by atoms with E-state index in [0.29, 0.717) is 25.9 Å². The molecule has 8 heteroatoms. The zero-order valence-corrected chi connectivity index (χ0v) is 17.1. The van der Waals surface area contributed by atoms with Gasteiger partial charge in [0, 0.05) is 24.4 Å².